The van der Waals surface area contributed by atoms with E-state index in [4.69, 9.17) is 14.2 Å². The lowest BCUT2D eigenvalue weighted by molar-refractivity contribution is -0.161. The maximum absolute atomic E-state index is 12.7. The van der Waals surface area contributed by atoms with Gasteiger partial charge in [0, 0.05) is 18.4 Å². The lowest BCUT2D eigenvalue weighted by atomic mass is 9.58. The molecule has 3 N–H and O–H groups in total. The summed E-state index contributed by atoms with van der Waals surface area (Å²) in [5.74, 6) is -4.04. The third-order valence-electron chi connectivity index (χ3n) is 5.73. The Balaban J connectivity index is 3.35. The molecular weight excluding hydrogens is 420 g/mol. The van der Waals surface area contributed by atoms with Crippen molar-refractivity contribution < 1.29 is 43.9 Å². The van der Waals surface area contributed by atoms with E-state index >= 15 is 0 Å². The third kappa shape index (κ3) is 6.15. The van der Waals surface area contributed by atoms with Crippen LogP contribution in [0.3, 0.4) is 0 Å². The zero-order valence-corrected chi connectivity index (χ0v) is 18.7. The van der Waals surface area contributed by atoms with Crippen molar-refractivity contribution in [3.8, 4) is 0 Å². The Morgan fingerprint density at radius 3 is 2.25 bits per heavy atom. The van der Waals surface area contributed by atoms with Gasteiger partial charge >= 0.3 is 17.9 Å². The van der Waals surface area contributed by atoms with E-state index in [0.717, 1.165) is 7.11 Å². The number of methoxy groups -OCH3 is 1. The van der Waals surface area contributed by atoms with Crippen molar-refractivity contribution in [3.63, 3.8) is 0 Å². The van der Waals surface area contributed by atoms with Crippen molar-refractivity contribution in [1.82, 2.24) is 0 Å². The highest BCUT2D eigenvalue weighted by Crippen LogP contribution is 2.50. The predicted molar refractivity (Wildman–Crippen MR) is 115 cm³/mol. The number of carbonyl (C=O) groups excluding carboxylic acids is 3. The van der Waals surface area contributed by atoms with Crippen LogP contribution in [0.1, 0.15) is 20.3 Å². The van der Waals surface area contributed by atoms with Crippen molar-refractivity contribution in [2.45, 2.75) is 32.5 Å². The van der Waals surface area contributed by atoms with Crippen LogP contribution in [0.2, 0.25) is 0 Å². The Labute approximate surface area is 187 Å². The summed E-state index contributed by atoms with van der Waals surface area (Å²) in [7, 11) is 1.16. The van der Waals surface area contributed by atoms with Crippen molar-refractivity contribution in [2.24, 2.45) is 17.3 Å². The van der Waals surface area contributed by atoms with Crippen LogP contribution in [0.25, 0.3) is 0 Å². The number of ether oxygens (including phenoxy) is 3. The zero-order chi connectivity index (χ0) is 24.6. The minimum absolute atomic E-state index is 0.117. The second-order valence-electron chi connectivity index (χ2n) is 7.88. The van der Waals surface area contributed by atoms with E-state index in [2.05, 4.69) is 19.7 Å². The smallest absolute Gasteiger partial charge is 0.336 e. The molecule has 9 heteroatoms. The molecule has 0 radical (unpaired) electrons. The van der Waals surface area contributed by atoms with E-state index in [9.17, 15) is 29.7 Å². The first-order chi connectivity index (χ1) is 15.0. The lowest BCUT2D eigenvalue weighted by Crippen LogP contribution is -2.54. The van der Waals surface area contributed by atoms with Crippen LogP contribution in [0.15, 0.2) is 48.6 Å². The fourth-order valence-corrected chi connectivity index (χ4v) is 4.02. The van der Waals surface area contributed by atoms with E-state index in [1.165, 1.54) is 13.0 Å². The first kappa shape index (κ1) is 27.3. The van der Waals surface area contributed by atoms with Crippen LogP contribution in [0.4, 0.5) is 0 Å². The van der Waals surface area contributed by atoms with Gasteiger partial charge in [0.05, 0.1) is 37.9 Å². The molecule has 1 aliphatic rings. The Kier molecular flexibility index (Phi) is 10.0. The van der Waals surface area contributed by atoms with Crippen molar-refractivity contribution in [3.05, 3.63) is 48.6 Å². The Morgan fingerprint density at radius 1 is 1.16 bits per heavy atom. The molecule has 1 saturated carbocycles. The number of aliphatic hydroxyl groups is 3. The second kappa shape index (κ2) is 11.8. The van der Waals surface area contributed by atoms with Crippen LogP contribution >= 0.6 is 0 Å². The molecule has 0 spiro atoms. The summed E-state index contributed by atoms with van der Waals surface area (Å²) in [5, 5.41) is 30.4. The second-order valence-corrected chi connectivity index (χ2v) is 7.88. The van der Waals surface area contributed by atoms with Gasteiger partial charge in [-0.2, -0.15) is 0 Å². The number of rotatable bonds is 10. The Morgan fingerprint density at radius 2 is 1.78 bits per heavy atom. The maximum atomic E-state index is 12.7. The van der Waals surface area contributed by atoms with Crippen LogP contribution < -0.4 is 0 Å². The molecule has 0 aromatic rings. The first-order valence-corrected chi connectivity index (χ1v) is 9.98. The largest absolute Gasteiger partial charge is 0.466 e. The van der Waals surface area contributed by atoms with Gasteiger partial charge in [0.25, 0.3) is 0 Å². The van der Waals surface area contributed by atoms with Gasteiger partial charge in [0.2, 0.25) is 0 Å². The fraction of sp³-hybridized carbons (Fsp3) is 0.522. The molecule has 1 fully saturated rings. The number of allylic oxidation sites excluding steroid dienone is 1. The van der Waals surface area contributed by atoms with E-state index in [1.54, 1.807) is 13.0 Å². The molecule has 0 heterocycles. The summed E-state index contributed by atoms with van der Waals surface area (Å²) in [4.78, 5) is 35.8. The van der Waals surface area contributed by atoms with Crippen LogP contribution in [0, 0.1) is 17.3 Å². The first-order valence-electron chi connectivity index (χ1n) is 9.98. The van der Waals surface area contributed by atoms with Gasteiger partial charge < -0.3 is 29.5 Å². The van der Waals surface area contributed by atoms with E-state index in [0.29, 0.717) is 5.57 Å². The molecule has 178 valence electrons. The summed E-state index contributed by atoms with van der Waals surface area (Å²) in [5.41, 5.74) is -0.804. The molecule has 9 nitrogen and oxygen atoms in total. The van der Waals surface area contributed by atoms with Gasteiger partial charge in [0.15, 0.2) is 0 Å². The summed E-state index contributed by atoms with van der Waals surface area (Å²) < 4.78 is 15.1. The average molecular weight is 453 g/mol. The number of esters is 3. The van der Waals surface area contributed by atoms with Crippen LogP contribution in [0.5, 0.6) is 0 Å². The number of hydrogen-bond donors (Lipinski definition) is 3. The van der Waals surface area contributed by atoms with Crippen molar-refractivity contribution >= 4 is 17.9 Å². The van der Waals surface area contributed by atoms with Gasteiger partial charge in [0.1, 0.15) is 12.7 Å². The molecule has 0 aliphatic heterocycles. The summed E-state index contributed by atoms with van der Waals surface area (Å²) in [6.45, 7) is 13.0. The summed E-state index contributed by atoms with van der Waals surface area (Å²) in [6, 6.07) is 0. The molecule has 0 amide bonds. The van der Waals surface area contributed by atoms with E-state index < -0.39 is 60.6 Å². The molecule has 1 rings (SSSR count). The third-order valence-corrected chi connectivity index (χ3v) is 5.73. The highest BCUT2D eigenvalue weighted by atomic mass is 16.6. The number of aliphatic hydroxyl groups excluding tert-OH is 3. The zero-order valence-electron chi connectivity index (χ0n) is 18.7. The molecular formula is C23H32O9. The molecule has 0 bridgehead atoms. The lowest BCUT2D eigenvalue weighted by Gasteiger charge is -2.50. The van der Waals surface area contributed by atoms with Crippen molar-refractivity contribution in [2.75, 3.05) is 26.9 Å². The molecule has 0 aromatic heterocycles. The summed E-state index contributed by atoms with van der Waals surface area (Å²) >= 11 is 0. The quantitative estimate of drug-likeness (QED) is 0.190. The average Bonchev–Trinajstić information content (AvgIpc) is 2.75. The topological polar surface area (TPSA) is 140 Å². The fourth-order valence-electron chi connectivity index (χ4n) is 4.02. The molecule has 0 aromatic carbocycles. The van der Waals surface area contributed by atoms with Gasteiger partial charge in [-0.25, -0.2) is 9.59 Å². The van der Waals surface area contributed by atoms with E-state index in [1.807, 2.05) is 0 Å². The molecule has 0 unspecified atom stereocenters. The Bertz CT molecular complexity index is 797. The standard InChI is InChI=1S/C23H32O9/c1-7-23(5)10-17(32-22(29)16(12-25)8-9-31-15(4)26)18(14(3)21(28)30-6)20(27)19(23)13(2)11-24/h7-8,17-20,24-25,27H,1-3,9-12H2,4-6H3/b16-8-/t17-,18-,19-,20-,23-/m1/s1. The highest BCUT2D eigenvalue weighted by molar-refractivity contribution is 5.90. The predicted octanol–water partition coefficient (Wildman–Crippen LogP) is 0.847. The number of carbonyl (C=O) groups is 3. The SMILES string of the molecule is C=C[C@]1(C)C[C@@H](OC(=O)/C(=C\COC(C)=O)CO)[C@@H](C(=C)C(=O)OC)[C@@H](O)[C@H]1C(=C)CO. The molecule has 5 atom stereocenters. The minimum atomic E-state index is -1.31. The summed E-state index contributed by atoms with van der Waals surface area (Å²) in [6.07, 6.45) is 0.545. The van der Waals surface area contributed by atoms with Gasteiger partial charge in [-0.05, 0) is 23.5 Å². The van der Waals surface area contributed by atoms with Gasteiger partial charge in [-0.3, -0.25) is 4.79 Å². The van der Waals surface area contributed by atoms with Gasteiger partial charge in [-0.1, -0.05) is 26.2 Å². The minimum Gasteiger partial charge on any atom is -0.466 e. The maximum Gasteiger partial charge on any atom is 0.336 e. The Hall–Kier alpha value is -2.75. The van der Waals surface area contributed by atoms with Crippen molar-refractivity contribution in [1.29, 1.82) is 0 Å². The van der Waals surface area contributed by atoms with E-state index in [-0.39, 0.29) is 24.2 Å². The van der Waals surface area contributed by atoms with Crippen LogP contribution in [-0.4, -0.2) is 72.4 Å². The highest BCUT2D eigenvalue weighted by Gasteiger charge is 2.53. The number of hydrogen-bond acceptors (Lipinski definition) is 9. The monoisotopic (exact) mass is 452 g/mol. The molecule has 1 aliphatic carbocycles. The molecule has 32 heavy (non-hydrogen) atoms. The normalized spacial score (nSPS) is 27.8. The van der Waals surface area contributed by atoms with Gasteiger partial charge in [-0.15, -0.1) is 6.58 Å². The molecule has 0 saturated heterocycles. The van der Waals surface area contributed by atoms with Crippen LogP contribution in [-0.2, 0) is 28.6 Å².